The molecule has 2 rings (SSSR count). The Morgan fingerprint density at radius 3 is 2.18 bits per heavy atom. The van der Waals surface area contributed by atoms with Crippen LogP contribution in [0.2, 0.25) is 0 Å². The summed E-state index contributed by atoms with van der Waals surface area (Å²) in [4.78, 5) is 0. The van der Waals surface area contributed by atoms with Crippen LogP contribution in [0.1, 0.15) is 6.92 Å². The Hall–Kier alpha value is -1.29. The number of rotatable bonds is 4. The van der Waals surface area contributed by atoms with E-state index in [1.165, 1.54) is 7.14 Å². The Morgan fingerprint density at radius 2 is 1.53 bits per heavy atom. The van der Waals surface area contributed by atoms with Crippen molar-refractivity contribution in [3.05, 3.63) is 74.1 Å². The predicted molar refractivity (Wildman–Crippen MR) is 65.7 cm³/mol. The topological polar surface area (TPSA) is 9.23 Å². The molecule has 0 heterocycles. The molecule has 0 saturated heterocycles. The summed E-state index contributed by atoms with van der Waals surface area (Å²) < 4.78 is 8.24. The van der Waals surface area contributed by atoms with Crippen LogP contribution in [0.15, 0.2) is 66.9 Å². The van der Waals surface area contributed by atoms with E-state index in [0.717, 1.165) is 5.75 Å². The molecule has 0 bridgehead atoms. The summed E-state index contributed by atoms with van der Waals surface area (Å²) in [6, 6.07) is 19.0. The highest BCUT2D eigenvalue weighted by Crippen LogP contribution is 2.08. The lowest BCUT2D eigenvalue weighted by atomic mass is 10.3. The van der Waals surface area contributed by atoms with Crippen molar-refractivity contribution in [2.45, 2.75) is 6.92 Å². The average Bonchev–Trinajstić information content (AvgIpc) is 2.39. The van der Waals surface area contributed by atoms with E-state index in [-0.39, 0.29) is 21.2 Å². The van der Waals surface area contributed by atoms with Crippen LogP contribution in [-0.2, 0) is 0 Å². The van der Waals surface area contributed by atoms with Gasteiger partial charge in [-0.3, -0.25) is 0 Å². The summed E-state index contributed by atoms with van der Waals surface area (Å²) in [5, 5.41) is 0. The zero-order valence-corrected chi connectivity index (χ0v) is 11.8. The van der Waals surface area contributed by atoms with Crippen molar-refractivity contribution < 1.29 is 25.9 Å². The van der Waals surface area contributed by atoms with Gasteiger partial charge in [-0.1, -0.05) is 24.3 Å². The first-order valence-corrected chi connectivity index (χ1v) is 7.62. The molecule has 0 spiro atoms. The molecule has 86 valence electrons. The quantitative estimate of drug-likeness (QED) is 0.590. The number of halogens is 1. The van der Waals surface area contributed by atoms with E-state index >= 15 is 0 Å². The molecule has 0 N–H and O–H groups in total. The summed E-state index contributed by atoms with van der Waals surface area (Å²) in [7, 11) is 0. The van der Waals surface area contributed by atoms with Gasteiger partial charge in [0.2, 0.25) is 0 Å². The minimum absolute atomic E-state index is 0.0712. The summed E-state index contributed by atoms with van der Waals surface area (Å²) >= 11 is -0.0712. The van der Waals surface area contributed by atoms with Crippen LogP contribution in [0.5, 0.6) is 5.75 Å². The highest BCUT2D eigenvalue weighted by atomic mass is 127. The van der Waals surface area contributed by atoms with Crippen LogP contribution in [0, 0.1) is 7.14 Å². The van der Waals surface area contributed by atoms with Gasteiger partial charge in [-0.15, -0.1) is 0 Å². The molecule has 0 radical (unpaired) electrons. The van der Waals surface area contributed by atoms with Gasteiger partial charge in [-0.05, 0) is 43.3 Å². The van der Waals surface area contributed by atoms with Crippen LogP contribution in [0.4, 0.5) is 0 Å². The van der Waals surface area contributed by atoms with Crippen molar-refractivity contribution >= 4 is 0 Å². The molecule has 0 fully saturated rings. The third-order valence-electron chi connectivity index (χ3n) is 2.11. The summed E-state index contributed by atoms with van der Waals surface area (Å²) in [5.74, 6) is 0.893. The summed E-state index contributed by atoms with van der Waals surface area (Å²) in [5.41, 5.74) is 0. The van der Waals surface area contributed by atoms with Crippen molar-refractivity contribution in [2.75, 3.05) is 0 Å². The predicted octanol–water partition coefficient (Wildman–Crippen LogP) is 0.727. The Bertz CT molecular complexity index is 474. The van der Waals surface area contributed by atoms with Crippen LogP contribution in [-0.4, -0.2) is 0 Å². The molecule has 0 aliphatic rings. The molecule has 0 aliphatic heterocycles. The third kappa shape index (κ3) is 3.89. The molecule has 17 heavy (non-hydrogen) atoms. The van der Waals surface area contributed by atoms with Gasteiger partial charge in [0.1, 0.15) is 5.75 Å². The van der Waals surface area contributed by atoms with Gasteiger partial charge in [0.25, 0.3) is 0 Å². The molecule has 2 aromatic rings. The Kier molecular flexibility index (Phi) is 4.62. The first-order valence-electron chi connectivity index (χ1n) is 5.46. The number of benzene rings is 2. The lowest BCUT2D eigenvalue weighted by molar-refractivity contribution is -0.597. The van der Waals surface area contributed by atoms with E-state index in [9.17, 15) is 0 Å². The van der Waals surface area contributed by atoms with E-state index in [4.69, 9.17) is 4.74 Å². The molecule has 0 unspecified atom stereocenters. The summed E-state index contributed by atoms with van der Waals surface area (Å²) in [6.45, 7) is 1.94. The van der Waals surface area contributed by atoms with Gasteiger partial charge in [0.05, 0.1) is 6.26 Å². The van der Waals surface area contributed by atoms with Gasteiger partial charge >= 0.3 is 21.2 Å². The Balaban J connectivity index is 2.03. The molecule has 0 amide bonds. The normalized spacial score (nSPS) is 10.6. The van der Waals surface area contributed by atoms with E-state index in [1.807, 2.05) is 25.1 Å². The van der Waals surface area contributed by atoms with Crippen molar-refractivity contribution in [2.24, 2.45) is 0 Å². The van der Waals surface area contributed by atoms with Gasteiger partial charge < -0.3 is 4.74 Å². The maximum Gasteiger partial charge on any atom is 0.357 e. The van der Waals surface area contributed by atoms with Crippen LogP contribution < -0.4 is 25.9 Å². The SMILES string of the molecule is CC=COc1ccc([I+]c2ccccc2)cc1. The van der Waals surface area contributed by atoms with Crippen molar-refractivity contribution in [1.29, 1.82) is 0 Å². The third-order valence-corrected chi connectivity index (χ3v) is 4.79. The van der Waals surface area contributed by atoms with Gasteiger partial charge in [-0.25, -0.2) is 0 Å². The lowest BCUT2D eigenvalue weighted by Gasteiger charge is -1.97. The fourth-order valence-corrected chi connectivity index (χ4v) is 3.54. The number of ether oxygens (including phenoxy) is 1. The lowest BCUT2D eigenvalue weighted by Crippen LogP contribution is -3.61. The molecule has 0 saturated carbocycles. The molecule has 2 aromatic carbocycles. The van der Waals surface area contributed by atoms with E-state index in [2.05, 4.69) is 42.5 Å². The van der Waals surface area contributed by atoms with Crippen molar-refractivity contribution in [3.63, 3.8) is 0 Å². The molecule has 2 heteroatoms. The van der Waals surface area contributed by atoms with Crippen LogP contribution in [0.25, 0.3) is 0 Å². The number of hydrogen-bond acceptors (Lipinski definition) is 1. The zero-order valence-electron chi connectivity index (χ0n) is 9.64. The maximum atomic E-state index is 5.39. The molecular formula is C15H14IO+. The minimum Gasteiger partial charge on any atom is -0.465 e. The molecule has 0 atom stereocenters. The van der Waals surface area contributed by atoms with Gasteiger partial charge in [0, 0.05) is 0 Å². The van der Waals surface area contributed by atoms with E-state index < -0.39 is 0 Å². The van der Waals surface area contributed by atoms with Crippen LogP contribution in [0.3, 0.4) is 0 Å². The maximum absolute atomic E-state index is 5.39. The summed E-state index contributed by atoms with van der Waals surface area (Å²) in [6.07, 6.45) is 3.58. The Labute approximate surface area is 112 Å². The minimum atomic E-state index is -0.0712. The van der Waals surface area contributed by atoms with E-state index in [1.54, 1.807) is 6.26 Å². The largest absolute Gasteiger partial charge is 0.465 e. The molecule has 0 aromatic heterocycles. The van der Waals surface area contributed by atoms with Gasteiger partial charge in [0.15, 0.2) is 7.14 Å². The standard InChI is InChI=1S/C15H14IO/c1-2-12-17-15-10-8-14(9-11-15)16-13-6-4-3-5-7-13/h2-12H,1H3/q+1. The van der Waals surface area contributed by atoms with E-state index in [0.29, 0.717) is 0 Å². The fourth-order valence-electron chi connectivity index (χ4n) is 1.33. The van der Waals surface area contributed by atoms with Crippen LogP contribution >= 0.6 is 0 Å². The molecule has 0 aliphatic carbocycles. The first kappa shape index (κ1) is 12.2. The second-order valence-corrected chi connectivity index (χ2v) is 6.46. The monoisotopic (exact) mass is 337 g/mol. The number of hydrogen-bond donors (Lipinski definition) is 0. The van der Waals surface area contributed by atoms with Gasteiger partial charge in [-0.2, -0.15) is 0 Å². The number of allylic oxidation sites excluding steroid dienone is 1. The highest BCUT2D eigenvalue weighted by molar-refractivity contribution is 5.21. The second kappa shape index (κ2) is 6.45. The highest BCUT2D eigenvalue weighted by Gasteiger charge is 2.14. The molecule has 1 nitrogen and oxygen atoms in total. The fraction of sp³-hybridized carbons (Fsp3) is 0.0667. The molecular weight excluding hydrogens is 323 g/mol. The Morgan fingerprint density at radius 1 is 0.882 bits per heavy atom. The average molecular weight is 337 g/mol. The smallest absolute Gasteiger partial charge is 0.357 e. The van der Waals surface area contributed by atoms with Crippen molar-refractivity contribution in [1.82, 2.24) is 0 Å². The van der Waals surface area contributed by atoms with Crippen molar-refractivity contribution in [3.8, 4) is 5.75 Å². The first-order chi connectivity index (χ1) is 8.38. The zero-order chi connectivity index (χ0) is 11.9. The second-order valence-electron chi connectivity index (χ2n) is 3.43.